The van der Waals surface area contributed by atoms with Gasteiger partial charge in [0, 0.05) is 15.2 Å². The maximum absolute atomic E-state index is 12.3. The summed E-state index contributed by atoms with van der Waals surface area (Å²) in [6.07, 6.45) is -2.81. The van der Waals surface area contributed by atoms with Gasteiger partial charge in [0.05, 0.1) is 4.92 Å². The molecule has 0 aliphatic carbocycles. The third kappa shape index (κ3) is 2.30. The summed E-state index contributed by atoms with van der Waals surface area (Å²) in [5, 5.41) is 9.93. The number of nitrogens with zero attached hydrogens (tertiary/aromatic N) is 1. The van der Waals surface area contributed by atoms with Crippen molar-refractivity contribution in [3.63, 3.8) is 0 Å². The van der Waals surface area contributed by atoms with E-state index in [4.69, 9.17) is 11.6 Å². The zero-order valence-electron chi connectivity index (χ0n) is 6.51. The van der Waals surface area contributed by atoms with Crippen LogP contribution in [0.1, 0.15) is 12.0 Å². The van der Waals surface area contributed by atoms with E-state index in [-0.39, 0.29) is 0 Å². The fraction of sp³-hybridized carbons (Fsp3) is 0.143. The molecule has 7 heteroatoms. The summed E-state index contributed by atoms with van der Waals surface area (Å²) in [6.45, 7) is 0. The molecule has 0 fully saturated rings. The molecular weight excluding hydrogens is 330 g/mol. The number of hydrogen-bond donors (Lipinski definition) is 0. The Kier molecular flexibility index (Phi) is 3.59. The molecule has 0 bridgehead atoms. The summed E-state index contributed by atoms with van der Waals surface area (Å²) >= 11 is 7.16. The second-order valence-electron chi connectivity index (χ2n) is 2.39. The minimum absolute atomic E-state index is 0.356. The van der Waals surface area contributed by atoms with Crippen LogP contribution in [0.4, 0.5) is 14.5 Å². The average Bonchev–Trinajstić information content (AvgIpc) is 2.07. The van der Waals surface area contributed by atoms with Gasteiger partial charge in [-0.05, 0) is 28.7 Å². The Labute approximate surface area is 96.3 Å². The minimum Gasteiger partial charge on any atom is -0.258 e. The molecule has 76 valence electrons. The minimum atomic E-state index is -2.81. The molecule has 3 nitrogen and oxygen atoms in total. The molecule has 0 saturated heterocycles. The van der Waals surface area contributed by atoms with Gasteiger partial charge in [0.15, 0.2) is 0 Å². The lowest BCUT2D eigenvalue weighted by molar-refractivity contribution is -0.384. The molecule has 0 aliphatic rings. The van der Waals surface area contributed by atoms with Crippen LogP contribution in [0.25, 0.3) is 0 Å². The van der Waals surface area contributed by atoms with Crippen molar-refractivity contribution in [1.29, 1.82) is 0 Å². The highest BCUT2D eigenvalue weighted by atomic mass is 127. The Balaban J connectivity index is 3.40. The van der Waals surface area contributed by atoms with Crippen LogP contribution in [0, 0.1) is 13.7 Å². The van der Waals surface area contributed by atoms with E-state index in [1.165, 1.54) is 0 Å². The van der Waals surface area contributed by atoms with Crippen LogP contribution in [0.5, 0.6) is 0 Å². The van der Waals surface area contributed by atoms with Gasteiger partial charge >= 0.3 is 0 Å². The molecule has 0 N–H and O–H groups in total. The highest BCUT2D eigenvalue weighted by Crippen LogP contribution is 2.35. The van der Waals surface area contributed by atoms with E-state index in [1.807, 2.05) is 0 Å². The lowest BCUT2D eigenvalue weighted by Crippen LogP contribution is -1.95. The number of halogens is 4. The van der Waals surface area contributed by atoms with E-state index in [1.54, 1.807) is 22.6 Å². The van der Waals surface area contributed by atoms with Gasteiger partial charge in [-0.15, -0.1) is 0 Å². The van der Waals surface area contributed by atoms with Crippen molar-refractivity contribution in [1.82, 2.24) is 0 Å². The predicted octanol–water partition coefficient (Wildman–Crippen LogP) is 3.79. The monoisotopic (exact) mass is 333 g/mol. The topological polar surface area (TPSA) is 43.1 Å². The number of nitro benzene ring substituents is 1. The van der Waals surface area contributed by atoms with Crippen molar-refractivity contribution < 1.29 is 13.7 Å². The molecule has 0 radical (unpaired) electrons. The van der Waals surface area contributed by atoms with Gasteiger partial charge < -0.3 is 0 Å². The Morgan fingerprint density at radius 1 is 1.50 bits per heavy atom. The fourth-order valence-corrected chi connectivity index (χ4v) is 1.78. The predicted molar refractivity (Wildman–Crippen MR) is 55.8 cm³/mol. The average molecular weight is 333 g/mol. The van der Waals surface area contributed by atoms with Crippen molar-refractivity contribution in [3.05, 3.63) is 36.4 Å². The maximum Gasteiger partial charge on any atom is 0.289 e. The van der Waals surface area contributed by atoms with Gasteiger partial charge in [-0.3, -0.25) is 10.1 Å². The normalized spacial score (nSPS) is 10.6. The molecule has 0 saturated carbocycles. The summed E-state index contributed by atoms with van der Waals surface area (Å²) in [6, 6.07) is 2.27. The number of nitro groups is 1. The van der Waals surface area contributed by atoms with Crippen LogP contribution in [-0.2, 0) is 0 Å². The molecule has 0 aliphatic heterocycles. The van der Waals surface area contributed by atoms with E-state index in [0.717, 1.165) is 12.1 Å². The zero-order chi connectivity index (χ0) is 10.9. The molecule has 0 spiro atoms. The maximum atomic E-state index is 12.3. The molecule has 0 heterocycles. The molecule has 1 aromatic carbocycles. The molecular formula is C7H3ClF2INO2. The summed E-state index contributed by atoms with van der Waals surface area (Å²) in [7, 11) is 0. The smallest absolute Gasteiger partial charge is 0.258 e. The van der Waals surface area contributed by atoms with Crippen LogP contribution in [-0.4, -0.2) is 4.92 Å². The first-order valence-corrected chi connectivity index (χ1v) is 4.80. The van der Waals surface area contributed by atoms with Gasteiger partial charge in [-0.1, -0.05) is 11.6 Å². The second-order valence-corrected chi connectivity index (χ2v) is 4.01. The number of hydrogen-bond acceptors (Lipinski definition) is 2. The highest BCUT2D eigenvalue weighted by Gasteiger charge is 2.22. The largest absolute Gasteiger partial charge is 0.289 e. The molecule has 14 heavy (non-hydrogen) atoms. The number of alkyl halides is 2. The van der Waals surface area contributed by atoms with Crippen molar-refractivity contribution in [2.45, 2.75) is 6.43 Å². The molecule has 1 rings (SSSR count). The third-order valence-electron chi connectivity index (χ3n) is 1.48. The Morgan fingerprint density at radius 3 is 2.50 bits per heavy atom. The Morgan fingerprint density at radius 2 is 2.07 bits per heavy atom. The zero-order valence-corrected chi connectivity index (χ0v) is 9.42. The lowest BCUT2D eigenvalue weighted by atomic mass is 10.2. The number of benzene rings is 1. The van der Waals surface area contributed by atoms with E-state index < -0.39 is 27.6 Å². The van der Waals surface area contributed by atoms with E-state index in [2.05, 4.69) is 0 Å². The summed E-state index contributed by atoms with van der Waals surface area (Å²) in [4.78, 5) is 9.64. The Hall–Kier alpha value is -0.500. The van der Waals surface area contributed by atoms with Gasteiger partial charge in [-0.25, -0.2) is 8.78 Å². The van der Waals surface area contributed by atoms with Crippen molar-refractivity contribution in [2.75, 3.05) is 0 Å². The molecule has 0 atom stereocenters. The van der Waals surface area contributed by atoms with Crippen LogP contribution >= 0.6 is 34.2 Å². The summed E-state index contributed by atoms with van der Waals surface area (Å²) in [5.41, 5.74) is -1.00. The molecule has 0 unspecified atom stereocenters. The second kappa shape index (κ2) is 4.35. The van der Waals surface area contributed by atoms with Gasteiger partial charge in [0.1, 0.15) is 5.02 Å². The first kappa shape index (κ1) is 11.6. The summed E-state index contributed by atoms with van der Waals surface area (Å²) in [5.74, 6) is 0. The van der Waals surface area contributed by atoms with Gasteiger partial charge in [0.2, 0.25) is 0 Å². The first-order valence-electron chi connectivity index (χ1n) is 3.35. The SMILES string of the molecule is O=[N+]([O-])c1cc(I)cc(C(F)F)c1Cl. The van der Waals surface area contributed by atoms with Gasteiger partial charge in [-0.2, -0.15) is 0 Å². The molecule has 0 aromatic heterocycles. The standard InChI is InChI=1S/C7H3ClF2INO2/c8-6-4(7(9)10)1-3(11)2-5(6)12(13)14/h1-2,7H. The van der Waals surface area contributed by atoms with Crippen LogP contribution in [0.3, 0.4) is 0 Å². The first-order chi connectivity index (χ1) is 6.43. The lowest BCUT2D eigenvalue weighted by Gasteiger charge is -2.04. The third-order valence-corrected chi connectivity index (χ3v) is 2.51. The van der Waals surface area contributed by atoms with Crippen molar-refractivity contribution in [3.8, 4) is 0 Å². The van der Waals surface area contributed by atoms with E-state index in [0.29, 0.717) is 3.57 Å². The molecule has 1 aromatic rings. The van der Waals surface area contributed by atoms with Crippen molar-refractivity contribution in [2.24, 2.45) is 0 Å². The Bertz CT molecular complexity index is 386. The number of rotatable bonds is 2. The highest BCUT2D eigenvalue weighted by molar-refractivity contribution is 14.1. The quantitative estimate of drug-likeness (QED) is 0.469. The van der Waals surface area contributed by atoms with E-state index >= 15 is 0 Å². The fourth-order valence-electron chi connectivity index (χ4n) is 0.887. The van der Waals surface area contributed by atoms with Crippen LogP contribution in [0.15, 0.2) is 12.1 Å². The van der Waals surface area contributed by atoms with Gasteiger partial charge in [0.25, 0.3) is 12.1 Å². The molecule has 0 amide bonds. The van der Waals surface area contributed by atoms with Crippen molar-refractivity contribution >= 4 is 39.9 Å². The van der Waals surface area contributed by atoms with Crippen LogP contribution < -0.4 is 0 Å². The summed E-state index contributed by atoms with van der Waals surface area (Å²) < 4.78 is 25.0. The van der Waals surface area contributed by atoms with Crippen LogP contribution in [0.2, 0.25) is 5.02 Å². The van der Waals surface area contributed by atoms with E-state index in [9.17, 15) is 18.9 Å².